The molecule has 0 aliphatic carbocycles. The molecule has 0 amide bonds. The molecule has 116 valence electrons. The number of hydrogen-bond acceptors (Lipinski definition) is 3. The number of benzene rings is 1. The second-order valence-corrected chi connectivity index (χ2v) is 5.56. The van der Waals surface area contributed by atoms with Gasteiger partial charge in [0.2, 0.25) is 5.78 Å². The molecule has 0 unspecified atom stereocenters. The molecular weight excluding hydrogens is 350 g/mol. The minimum Gasteiger partial charge on any atom is -0.497 e. The summed E-state index contributed by atoms with van der Waals surface area (Å²) in [6.45, 7) is 2.40. The van der Waals surface area contributed by atoms with E-state index in [1.807, 2.05) is 6.92 Å². The van der Waals surface area contributed by atoms with Gasteiger partial charge < -0.3 is 14.4 Å². The molecule has 0 spiro atoms. The fraction of sp³-hybridized carbons (Fsp3) is 0.250. The largest absolute Gasteiger partial charge is 0.497 e. The van der Waals surface area contributed by atoms with E-state index in [0.29, 0.717) is 33.7 Å². The first-order valence-electron chi connectivity index (χ1n) is 6.76. The van der Waals surface area contributed by atoms with Crippen molar-refractivity contribution in [2.24, 2.45) is 0 Å². The number of ketones is 1. The summed E-state index contributed by atoms with van der Waals surface area (Å²) in [6.07, 6.45) is -0.123. The Hall–Kier alpha value is -2.08. The van der Waals surface area contributed by atoms with E-state index >= 15 is 0 Å². The summed E-state index contributed by atoms with van der Waals surface area (Å²) in [6, 6.07) is 8.51. The first-order chi connectivity index (χ1) is 10.5. The minimum atomic E-state index is -0.928. The molecule has 0 saturated carbocycles. The van der Waals surface area contributed by atoms with Gasteiger partial charge in [0.05, 0.1) is 13.5 Å². The molecule has 1 aromatic carbocycles. The predicted octanol–water partition coefficient (Wildman–Crippen LogP) is 3.14. The molecule has 1 aromatic heterocycles. The summed E-state index contributed by atoms with van der Waals surface area (Å²) >= 11 is 3.37. The summed E-state index contributed by atoms with van der Waals surface area (Å²) in [5.74, 6) is -0.413. The maximum Gasteiger partial charge on any atom is 0.309 e. The Balaban J connectivity index is 2.43. The smallest absolute Gasteiger partial charge is 0.309 e. The molecule has 0 bridgehead atoms. The van der Waals surface area contributed by atoms with E-state index in [9.17, 15) is 9.59 Å². The van der Waals surface area contributed by atoms with Gasteiger partial charge in [-0.15, -0.1) is 0 Å². The highest BCUT2D eigenvalue weighted by molar-refractivity contribution is 9.10. The Morgan fingerprint density at radius 2 is 1.91 bits per heavy atom. The van der Waals surface area contributed by atoms with E-state index in [1.54, 1.807) is 42.0 Å². The van der Waals surface area contributed by atoms with Crippen molar-refractivity contribution in [1.82, 2.24) is 4.57 Å². The molecule has 0 saturated heterocycles. The summed E-state index contributed by atoms with van der Waals surface area (Å²) < 4.78 is 7.41. The molecule has 2 aromatic rings. The number of carbonyl (C=O) groups excluding carboxylic acids is 1. The third-order valence-corrected chi connectivity index (χ3v) is 3.96. The quantitative estimate of drug-likeness (QED) is 0.798. The Bertz CT molecular complexity index is 704. The molecule has 5 nitrogen and oxygen atoms in total. The summed E-state index contributed by atoms with van der Waals surface area (Å²) in [4.78, 5) is 23.6. The molecule has 0 aliphatic rings. The van der Waals surface area contributed by atoms with Gasteiger partial charge in [0, 0.05) is 22.3 Å². The van der Waals surface area contributed by atoms with Crippen molar-refractivity contribution in [3.63, 3.8) is 0 Å². The van der Waals surface area contributed by atoms with Crippen molar-refractivity contribution in [3.05, 3.63) is 51.8 Å². The lowest BCUT2D eigenvalue weighted by atomic mass is 10.1. The van der Waals surface area contributed by atoms with Crippen LogP contribution in [0.15, 0.2) is 34.8 Å². The van der Waals surface area contributed by atoms with Crippen LogP contribution >= 0.6 is 15.9 Å². The number of methoxy groups -OCH3 is 1. The lowest BCUT2D eigenvalue weighted by Crippen LogP contribution is -2.14. The number of carboxylic acid groups (broad SMARTS) is 1. The maximum atomic E-state index is 12.7. The molecule has 0 atom stereocenters. The molecule has 0 fully saturated rings. The molecule has 0 aliphatic heterocycles. The number of aromatic nitrogens is 1. The maximum absolute atomic E-state index is 12.7. The number of aliphatic carboxylic acids is 1. The average molecular weight is 366 g/mol. The van der Waals surface area contributed by atoms with Gasteiger partial charge in [0.25, 0.3) is 0 Å². The summed E-state index contributed by atoms with van der Waals surface area (Å²) in [7, 11) is 1.56. The normalized spacial score (nSPS) is 10.5. The van der Waals surface area contributed by atoms with Crippen LogP contribution in [0.2, 0.25) is 0 Å². The highest BCUT2D eigenvalue weighted by atomic mass is 79.9. The van der Waals surface area contributed by atoms with Crippen molar-refractivity contribution in [1.29, 1.82) is 0 Å². The Morgan fingerprint density at radius 1 is 1.27 bits per heavy atom. The van der Waals surface area contributed by atoms with Gasteiger partial charge in [0.1, 0.15) is 11.4 Å². The second-order valence-electron chi connectivity index (χ2n) is 4.70. The van der Waals surface area contributed by atoms with Gasteiger partial charge in [-0.3, -0.25) is 9.59 Å². The molecule has 22 heavy (non-hydrogen) atoms. The van der Waals surface area contributed by atoms with Crippen LogP contribution in [0, 0.1) is 0 Å². The van der Waals surface area contributed by atoms with Crippen LogP contribution in [-0.4, -0.2) is 28.5 Å². The van der Waals surface area contributed by atoms with Gasteiger partial charge in [-0.2, -0.15) is 0 Å². The number of rotatable bonds is 6. The standard InChI is InChI=1S/C16H16BrNO4/c1-3-18-11(9-14(19)20)8-13(17)15(18)16(21)10-4-6-12(22-2)7-5-10/h4-8H,3,9H2,1-2H3,(H,19,20). The second kappa shape index (κ2) is 6.79. The Morgan fingerprint density at radius 3 is 2.41 bits per heavy atom. The topological polar surface area (TPSA) is 68.5 Å². The molecule has 2 rings (SSSR count). The fourth-order valence-electron chi connectivity index (χ4n) is 2.34. The Labute approximate surface area is 136 Å². The summed E-state index contributed by atoms with van der Waals surface area (Å²) in [5, 5.41) is 8.97. The average Bonchev–Trinajstić information content (AvgIpc) is 2.81. The van der Waals surface area contributed by atoms with E-state index < -0.39 is 5.97 Å². The molecular formula is C16H16BrNO4. The van der Waals surface area contributed by atoms with E-state index in [1.165, 1.54) is 0 Å². The number of carboxylic acids is 1. The Kier molecular flexibility index (Phi) is 5.03. The number of ether oxygens (including phenoxy) is 1. The first-order valence-corrected chi connectivity index (χ1v) is 7.55. The number of hydrogen-bond donors (Lipinski definition) is 1. The van der Waals surface area contributed by atoms with Crippen molar-refractivity contribution in [2.45, 2.75) is 19.9 Å². The van der Waals surface area contributed by atoms with Crippen LogP contribution in [0.5, 0.6) is 5.75 Å². The fourth-order valence-corrected chi connectivity index (χ4v) is 3.00. The van der Waals surface area contributed by atoms with Crippen LogP contribution in [-0.2, 0) is 17.8 Å². The van der Waals surface area contributed by atoms with Crippen molar-refractivity contribution < 1.29 is 19.4 Å². The van der Waals surface area contributed by atoms with Crippen molar-refractivity contribution in [2.75, 3.05) is 7.11 Å². The third-order valence-electron chi connectivity index (χ3n) is 3.35. The van der Waals surface area contributed by atoms with Crippen molar-refractivity contribution in [3.8, 4) is 5.75 Å². The molecule has 1 N–H and O–H groups in total. The van der Waals surface area contributed by atoms with Crippen LogP contribution in [0.1, 0.15) is 28.7 Å². The number of nitrogens with zero attached hydrogens (tertiary/aromatic N) is 1. The SMILES string of the molecule is CCn1c(CC(=O)O)cc(Br)c1C(=O)c1ccc(OC)cc1. The molecule has 0 radical (unpaired) electrons. The zero-order chi connectivity index (χ0) is 16.3. The summed E-state index contributed by atoms with van der Waals surface area (Å²) in [5.41, 5.74) is 1.58. The predicted molar refractivity (Wildman–Crippen MR) is 85.6 cm³/mol. The number of halogens is 1. The highest BCUT2D eigenvalue weighted by Crippen LogP contribution is 2.26. The van der Waals surface area contributed by atoms with Crippen LogP contribution in [0.3, 0.4) is 0 Å². The van der Waals surface area contributed by atoms with Gasteiger partial charge in [-0.25, -0.2) is 0 Å². The zero-order valence-electron chi connectivity index (χ0n) is 12.3. The molecule has 1 heterocycles. The van der Waals surface area contributed by atoms with E-state index in [-0.39, 0.29) is 12.2 Å². The minimum absolute atomic E-state index is 0.123. The van der Waals surface area contributed by atoms with Gasteiger partial charge in [0.15, 0.2) is 0 Å². The zero-order valence-corrected chi connectivity index (χ0v) is 13.9. The van der Waals surface area contributed by atoms with Gasteiger partial charge in [-0.05, 0) is 53.2 Å². The van der Waals surface area contributed by atoms with Crippen LogP contribution < -0.4 is 4.74 Å². The lowest BCUT2D eigenvalue weighted by Gasteiger charge is -2.10. The van der Waals surface area contributed by atoms with Crippen LogP contribution in [0.4, 0.5) is 0 Å². The first kappa shape index (κ1) is 16.3. The van der Waals surface area contributed by atoms with Crippen LogP contribution in [0.25, 0.3) is 0 Å². The monoisotopic (exact) mass is 365 g/mol. The van der Waals surface area contributed by atoms with Gasteiger partial charge >= 0.3 is 5.97 Å². The van der Waals surface area contributed by atoms with E-state index in [2.05, 4.69) is 15.9 Å². The highest BCUT2D eigenvalue weighted by Gasteiger charge is 2.21. The molecule has 6 heteroatoms. The third kappa shape index (κ3) is 3.22. The van der Waals surface area contributed by atoms with E-state index in [4.69, 9.17) is 9.84 Å². The van der Waals surface area contributed by atoms with Crippen molar-refractivity contribution >= 4 is 27.7 Å². The lowest BCUT2D eigenvalue weighted by molar-refractivity contribution is -0.136. The van der Waals surface area contributed by atoms with Gasteiger partial charge in [-0.1, -0.05) is 0 Å². The van der Waals surface area contributed by atoms with E-state index in [0.717, 1.165) is 0 Å². The number of carbonyl (C=O) groups is 2.